The largest absolute Gasteiger partial charge is 0.478 e. The highest BCUT2D eigenvalue weighted by molar-refractivity contribution is 5.92. The molecule has 1 heterocycles. The number of esters is 1. The van der Waals surface area contributed by atoms with Gasteiger partial charge >= 0.3 is 11.9 Å². The van der Waals surface area contributed by atoms with Crippen LogP contribution in [0, 0.1) is 0 Å². The maximum atomic E-state index is 11.7. The number of rotatable bonds is 6. The summed E-state index contributed by atoms with van der Waals surface area (Å²) in [4.78, 5) is 22.6. The van der Waals surface area contributed by atoms with E-state index in [2.05, 4.69) is 0 Å². The average molecular weight is 252 g/mol. The van der Waals surface area contributed by atoms with Crippen LogP contribution in [0.2, 0.25) is 0 Å². The Kier molecular flexibility index (Phi) is 3.81. The van der Waals surface area contributed by atoms with Gasteiger partial charge in [-0.3, -0.25) is 0 Å². The van der Waals surface area contributed by atoms with Crippen LogP contribution in [0.5, 0.6) is 0 Å². The quantitative estimate of drug-likeness (QED) is 0.337. The molecule has 1 unspecified atom stereocenters. The molecule has 0 saturated carbocycles. The number of aliphatic carboxylic acids is 1. The summed E-state index contributed by atoms with van der Waals surface area (Å²) >= 11 is 0. The molecule has 0 amide bonds. The number of carbonyl (C=O) groups is 2. The van der Waals surface area contributed by atoms with E-state index >= 15 is 0 Å². The second-order valence-electron chi connectivity index (χ2n) is 4.45. The predicted octanol–water partition coefficient (Wildman–Crippen LogP) is 1.79. The average Bonchev–Trinajstić information content (AvgIpc) is 3.06. The minimum Gasteiger partial charge on any atom is -0.478 e. The van der Waals surface area contributed by atoms with Crippen LogP contribution >= 0.6 is 0 Å². The highest BCUT2D eigenvalue weighted by atomic mass is 16.6. The summed E-state index contributed by atoms with van der Waals surface area (Å²) < 4.78 is 9.89. The molecule has 1 fully saturated rings. The van der Waals surface area contributed by atoms with Crippen molar-refractivity contribution in [1.82, 2.24) is 0 Å². The van der Waals surface area contributed by atoms with E-state index in [9.17, 15) is 9.59 Å². The van der Waals surface area contributed by atoms with Crippen molar-refractivity contribution in [1.29, 1.82) is 0 Å². The van der Waals surface area contributed by atoms with Gasteiger partial charge in [-0.25, -0.2) is 9.59 Å². The van der Waals surface area contributed by atoms with E-state index < -0.39 is 11.9 Å². The Morgan fingerprint density at radius 2 is 2.22 bits per heavy atom. The summed E-state index contributed by atoms with van der Waals surface area (Å²) in [5.74, 6) is -1.50. The second-order valence-corrected chi connectivity index (χ2v) is 4.45. The number of hydrogen-bond donors (Lipinski definition) is 1. The van der Waals surface area contributed by atoms with Gasteiger partial charge in [0.05, 0.1) is 18.3 Å². The van der Waals surface area contributed by atoms with Crippen LogP contribution in [0.15, 0.2) is 23.0 Å². The van der Waals surface area contributed by atoms with Crippen molar-refractivity contribution in [3.63, 3.8) is 0 Å². The van der Waals surface area contributed by atoms with Crippen LogP contribution in [-0.4, -0.2) is 29.8 Å². The Bertz CT molecular complexity index is 429. The molecule has 1 saturated heterocycles. The molecule has 98 valence electrons. The van der Waals surface area contributed by atoms with E-state index in [4.69, 9.17) is 14.6 Å². The van der Waals surface area contributed by atoms with E-state index in [0.717, 1.165) is 31.1 Å². The maximum absolute atomic E-state index is 11.7. The van der Waals surface area contributed by atoms with Gasteiger partial charge in [0.1, 0.15) is 6.26 Å². The van der Waals surface area contributed by atoms with E-state index in [1.807, 2.05) is 6.92 Å². The first-order valence-electron chi connectivity index (χ1n) is 6.07. The van der Waals surface area contributed by atoms with Gasteiger partial charge in [-0.1, -0.05) is 12.5 Å². The summed E-state index contributed by atoms with van der Waals surface area (Å²) in [5, 5.41) is 8.94. The molecule has 0 radical (unpaired) electrons. The van der Waals surface area contributed by atoms with Gasteiger partial charge in [-0.15, -0.1) is 0 Å². The van der Waals surface area contributed by atoms with Gasteiger partial charge in [-0.05, 0) is 19.3 Å². The lowest BCUT2D eigenvalue weighted by Crippen LogP contribution is -2.15. The third-order valence-electron chi connectivity index (χ3n) is 3.21. The number of hydrogen-bond acceptors (Lipinski definition) is 4. The molecule has 2 aliphatic rings. The molecule has 0 aromatic rings. The highest BCUT2D eigenvalue weighted by Gasteiger charge is 2.27. The van der Waals surface area contributed by atoms with Crippen molar-refractivity contribution in [2.24, 2.45) is 0 Å². The summed E-state index contributed by atoms with van der Waals surface area (Å²) in [6, 6.07) is 0. The van der Waals surface area contributed by atoms with E-state index in [0.29, 0.717) is 12.2 Å². The standard InChI is InChI=1S/C13H16O5/c1-2-8-3-4-11(8)13(16)18-6-9(12(14)15)5-10-7-17-10/h6,10H,2-5,7H2,1H3,(H,14,15). The van der Waals surface area contributed by atoms with Crippen LogP contribution in [-0.2, 0) is 19.1 Å². The Balaban J connectivity index is 1.95. The lowest BCUT2D eigenvalue weighted by atomic mass is 9.87. The molecule has 5 heteroatoms. The minimum absolute atomic E-state index is 0.0415. The molecule has 1 N–H and O–H groups in total. The van der Waals surface area contributed by atoms with Crippen molar-refractivity contribution < 1.29 is 24.2 Å². The van der Waals surface area contributed by atoms with Gasteiger partial charge in [0.2, 0.25) is 0 Å². The molecule has 1 aliphatic carbocycles. The van der Waals surface area contributed by atoms with Crippen molar-refractivity contribution in [2.75, 3.05) is 6.61 Å². The minimum atomic E-state index is -1.07. The fourth-order valence-electron chi connectivity index (χ4n) is 1.88. The van der Waals surface area contributed by atoms with E-state index in [1.165, 1.54) is 0 Å². The van der Waals surface area contributed by atoms with Gasteiger partial charge in [0.15, 0.2) is 0 Å². The molecule has 0 aromatic heterocycles. The van der Waals surface area contributed by atoms with Crippen molar-refractivity contribution in [3.05, 3.63) is 23.0 Å². The number of carboxylic acids is 1. The second kappa shape index (κ2) is 5.35. The van der Waals surface area contributed by atoms with Crippen LogP contribution in [0.1, 0.15) is 32.6 Å². The van der Waals surface area contributed by atoms with E-state index in [-0.39, 0.29) is 18.1 Å². The SMILES string of the molecule is CCC1=C(C(=O)OC=C(CC2CO2)C(=O)O)CC1. The number of ether oxygens (including phenoxy) is 2. The zero-order valence-corrected chi connectivity index (χ0v) is 10.3. The van der Waals surface area contributed by atoms with Crippen LogP contribution in [0.25, 0.3) is 0 Å². The first-order valence-corrected chi connectivity index (χ1v) is 6.07. The molecule has 0 aromatic carbocycles. The molecule has 1 atom stereocenters. The molecule has 0 bridgehead atoms. The lowest BCUT2D eigenvalue weighted by Gasteiger charge is -2.20. The first-order chi connectivity index (χ1) is 8.61. The zero-order valence-electron chi connectivity index (χ0n) is 10.3. The monoisotopic (exact) mass is 252 g/mol. The van der Waals surface area contributed by atoms with Crippen molar-refractivity contribution in [2.45, 2.75) is 38.7 Å². The third-order valence-corrected chi connectivity index (χ3v) is 3.21. The molecule has 0 spiro atoms. The summed E-state index contributed by atoms with van der Waals surface area (Å²) in [6.07, 6.45) is 3.79. The van der Waals surface area contributed by atoms with Crippen LogP contribution in [0.4, 0.5) is 0 Å². The zero-order chi connectivity index (χ0) is 13.1. The molecule has 5 nitrogen and oxygen atoms in total. The Morgan fingerprint density at radius 1 is 1.50 bits per heavy atom. The normalized spacial score (nSPS) is 22.5. The van der Waals surface area contributed by atoms with Crippen molar-refractivity contribution >= 4 is 11.9 Å². The Labute approximate surface area is 105 Å². The molecular formula is C13H16O5. The first kappa shape index (κ1) is 12.8. The summed E-state index contributed by atoms with van der Waals surface area (Å²) in [6.45, 7) is 2.56. The number of allylic oxidation sites excluding steroid dienone is 1. The van der Waals surface area contributed by atoms with Gasteiger partial charge < -0.3 is 14.6 Å². The van der Waals surface area contributed by atoms with E-state index in [1.54, 1.807) is 0 Å². The Morgan fingerprint density at radius 3 is 2.67 bits per heavy atom. The maximum Gasteiger partial charge on any atom is 0.338 e. The van der Waals surface area contributed by atoms with Crippen LogP contribution < -0.4 is 0 Å². The topological polar surface area (TPSA) is 76.1 Å². The molecule has 2 rings (SSSR count). The number of epoxide rings is 1. The number of carbonyl (C=O) groups excluding carboxylic acids is 1. The fraction of sp³-hybridized carbons (Fsp3) is 0.538. The lowest BCUT2D eigenvalue weighted by molar-refractivity contribution is -0.135. The van der Waals surface area contributed by atoms with Crippen LogP contribution in [0.3, 0.4) is 0 Å². The molecule has 1 aliphatic heterocycles. The summed E-state index contributed by atoms with van der Waals surface area (Å²) in [7, 11) is 0. The highest BCUT2D eigenvalue weighted by Crippen LogP contribution is 2.31. The smallest absolute Gasteiger partial charge is 0.338 e. The predicted molar refractivity (Wildman–Crippen MR) is 62.7 cm³/mol. The Hall–Kier alpha value is -1.62. The van der Waals surface area contributed by atoms with Gasteiger partial charge in [0, 0.05) is 12.0 Å². The molecule has 18 heavy (non-hydrogen) atoms. The number of carboxylic acid groups (broad SMARTS) is 1. The fourth-order valence-corrected chi connectivity index (χ4v) is 1.88. The molecular weight excluding hydrogens is 236 g/mol. The van der Waals surface area contributed by atoms with Gasteiger partial charge in [0.25, 0.3) is 0 Å². The third kappa shape index (κ3) is 2.98. The van der Waals surface area contributed by atoms with Gasteiger partial charge in [-0.2, -0.15) is 0 Å². The summed E-state index contributed by atoms with van der Waals surface area (Å²) in [5.41, 5.74) is 1.88. The van der Waals surface area contributed by atoms with Crippen molar-refractivity contribution in [3.8, 4) is 0 Å².